The number of rotatable bonds is 3. The Bertz CT molecular complexity index is 249. The molecule has 0 aromatic carbocycles. The number of carbonyl (C=O) groups excluding carboxylic acids is 1. The molecule has 3 nitrogen and oxygen atoms in total. The summed E-state index contributed by atoms with van der Waals surface area (Å²) in [6.07, 6.45) is 8.70. The van der Waals surface area contributed by atoms with Gasteiger partial charge in [-0.15, -0.1) is 0 Å². The molecule has 1 aliphatic heterocycles. The lowest BCUT2D eigenvalue weighted by Gasteiger charge is -2.28. The number of hydrogen-bond acceptors (Lipinski definition) is 2. The molecule has 2 fully saturated rings. The van der Waals surface area contributed by atoms with Crippen molar-refractivity contribution in [2.45, 2.75) is 57.9 Å². The van der Waals surface area contributed by atoms with Gasteiger partial charge in [-0.25, -0.2) is 0 Å². The second kappa shape index (κ2) is 6.39. The molecule has 2 N–H and O–H groups in total. The van der Waals surface area contributed by atoms with Gasteiger partial charge in [-0.05, 0) is 44.1 Å². The predicted octanol–water partition coefficient (Wildman–Crippen LogP) is 2.07. The monoisotopic (exact) mass is 238 g/mol. The maximum atomic E-state index is 11.9. The third-order valence-electron chi connectivity index (χ3n) is 4.24. The lowest BCUT2D eigenvalue weighted by Crippen LogP contribution is -2.47. The largest absolute Gasteiger partial charge is 0.354 e. The van der Waals surface area contributed by atoms with Crippen molar-refractivity contribution in [1.29, 1.82) is 0 Å². The Hall–Kier alpha value is -0.570. The van der Waals surface area contributed by atoms with Crippen molar-refractivity contribution < 1.29 is 4.79 Å². The number of carbonyl (C=O) groups is 1. The number of amides is 1. The zero-order chi connectivity index (χ0) is 12.1. The highest BCUT2D eigenvalue weighted by atomic mass is 16.2. The second-order valence-corrected chi connectivity index (χ2v) is 5.89. The van der Waals surface area contributed by atoms with Gasteiger partial charge in [0.1, 0.15) is 0 Å². The van der Waals surface area contributed by atoms with E-state index in [2.05, 4.69) is 17.6 Å². The Labute approximate surface area is 105 Å². The Balaban J connectivity index is 1.68. The van der Waals surface area contributed by atoms with E-state index in [1.54, 1.807) is 0 Å². The first-order valence-electron chi connectivity index (χ1n) is 7.27. The summed E-state index contributed by atoms with van der Waals surface area (Å²) >= 11 is 0. The van der Waals surface area contributed by atoms with E-state index in [4.69, 9.17) is 0 Å². The van der Waals surface area contributed by atoms with Crippen LogP contribution in [0.25, 0.3) is 0 Å². The fourth-order valence-corrected chi connectivity index (χ4v) is 3.19. The smallest absolute Gasteiger partial charge is 0.237 e. The van der Waals surface area contributed by atoms with Crippen molar-refractivity contribution in [2.24, 2.45) is 11.8 Å². The first-order chi connectivity index (χ1) is 8.25. The van der Waals surface area contributed by atoms with E-state index >= 15 is 0 Å². The SMILES string of the molecule is CC1CCCC(CNC(=O)C2CCCCN2)C1. The molecular formula is C14H26N2O. The first kappa shape index (κ1) is 12.9. The van der Waals surface area contributed by atoms with Crippen molar-refractivity contribution in [3.8, 4) is 0 Å². The molecule has 17 heavy (non-hydrogen) atoms. The maximum absolute atomic E-state index is 11.9. The van der Waals surface area contributed by atoms with E-state index in [1.165, 1.54) is 38.5 Å². The quantitative estimate of drug-likeness (QED) is 0.790. The molecule has 1 amide bonds. The molecule has 1 saturated carbocycles. The van der Waals surface area contributed by atoms with Crippen molar-refractivity contribution in [3.05, 3.63) is 0 Å². The van der Waals surface area contributed by atoms with E-state index < -0.39 is 0 Å². The summed E-state index contributed by atoms with van der Waals surface area (Å²) in [5.41, 5.74) is 0. The van der Waals surface area contributed by atoms with Crippen LogP contribution in [0.2, 0.25) is 0 Å². The van der Waals surface area contributed by atoms with Gasteiger partial charge in [-0.3, -0.25) is 4.79 Å². The molecule has 98 valence electrons. The lowest BCUT2D eigenvalue weighted by atomic mass is 9.82. The molecule has 1 aliphatic carbocycles. The van der Waals surface area contributed by atoms with E-state index in [-0.39, 0.29) is 11.9 Å². The normalized spacial score (nSPS) is 34.3. The van der Waals surface area contributed by atoms with E-state index in [0.717, 1.165) is 25.4 Å². The highest BCUT2D eigenvalue weighted by Gasteiger charge is 2.23. The number of hydrogen-bond donors (Lipinski definition) is 2. The van der Waals surface area contributed by atoms with E-state index in [9.17, 15) is 4.79 Å². The van der Waals surface area contributed by atoms with Crippen LogP contribution >= 0.6 is 0 Å². The lowest BCUT2D eigenvalue weighted by molar-refractivity contribution is -0.123. The Morgan fingerprint density at radius 3 is 2.82 bits per heavy atom. The average Bonchev–Trinajstić information content (AvgIpc) is 2.37. The third-order valence-corrected chi connectivity index (χ3v) is 4.24. The standard InChI is InChI=1S/C14H26N2O/c1-11-5-4-6-12(9-11)10-16-14(17)13-7-2-3-8-15-13/h11-13,15H,2-10H2,1H3,(H,16,17). The molecule has 3 unspecified atom stereocenters. The van der Waals surface area contributed by atoms with Crippen LogP contribution in [-0.2, 0) is 4.79 Å². The minimum absolute atomic E-state index is 0.0739. The van der Waals surface area contributed by atoms with Gasteiger partial charge in [-0.2, -0.15) is 0 Å². The van der Waals surface area contributed by atoms with Crippen molar-refractivity contribution in [3.63, 3.8) is 0 Å². The van der Waals surface area contributed by atoms with Gasteiger partial charge in [0, 0.05) is 6.54 Å². The summed E-state index contributed by atoms with van der Waals surface area (Å²) in [5, 5.41) is 6.44. The molecule has 2 aliphatic rings. The summed E-state index contributed by atoms with van der Waals surface area (Å²) in [4.78, 5) is 11.9. The zero-order valence-corrected chi connectivity index (χ0v) is 11.0. The number of nitrogens with one attached hydrogen (secondary N) is 2. The topological polar surface area (TPSA) is 41.1 Å². The van der Waals surface area contributed by atoms with Crippen LogP contribution in [0.5, 0.6) is 0 Å². The molecule has 3 atom stereocenters. The summed E-state index contributed by atoms with van der Waals surface area (Å²) in [6, 6.07) is 0.0739. The summed E-state index contributed by atoms with van der Waals surface area (Å²) in [6.45, 7) is 4.22. The molecule has 0 radical (unpaired) electrons. The predicted molar refractivity (Wildman–Crippen MR) is 69.8 cm³/mol. The minimum Gasteiger partial charge on any atom is -0.354 e. The van der Waals surface area contributed by atoms with Crippen molar-refractivity contribution in [2.75, 3.05) is 13.1 Å². The highest BCUT2D eigenvalue weighted by Crippen LogP contribution is 2.27. The molecule has 0 spiro atoms. The fourth-order valence-electron chi connectivity index (χ4n) is 3.19. The van der Waals surface area contributed by atoms with Gasteiger partial charge >= 0.3 is 0 Å². The zero-order valence-electron chi connectivity index (χ0n) is 11.0. The van der Waals surface area contributed by atoms with Gasteiger partial charge in [0.15, 0.2) is 0 Å². The van der Waals surface area contributed by atoms with Crippen LogP contribution in [-0.4, -0.2) is 25.0 Å². The molecular weight excluding hydrogens is 212 g/mol. The van der Waals surface area contributed by atoms with Crippen LogP contribution < -0.4 is 10.6 Å². The maximum Gasteiger partial charge on any atom is 0.237 e. The van der Waals surface area contributed by atoms with Gasteiger partial charge in [0.05, 0.1) is 6.04 Å². The Morgan fingerprint density at radius 2 is 2.12 bits per heavy atom. The van der Waals surface area contributed by atoms with Crippen LogP contribution in [0, 0.1) is 11.8 Å². The third kappa shape index (κ3) is 3.98. The first-order valence-corrected chi connectivity index (χ1v) is 7.27. The summed E-state index contributed by atoms with van der Waals surface area (Å²) < 4.78 is 0. The van der Waals surface area contributed by atoms with Gasteiger partial charge in [0.25, 0.3) is 0 Å². The van der Waals surface area contributed by atoms with Gasteiger partial charge in [-0.1, -0.05) is 26.2 Å². The number of piperidine rings is 1. The van der Waals surface area contributed by atoms with Gasteiger partial charge < -0.3 is 10.6 Å². The van der Waals surface area contributed by atoms with Crippen molar-refractivity contribution >= 4 is 5.91 Å². The van der Waals surface area contributed by atoms with Gasteiger partial charge in [0.2, 0.25) is 5.91 Å². The van der Waals surface area contributed by atoms with Crippen LogP contribution in [0.1, 0.15) is 51.9 Å². The van der Waals surface area contributed by atoms with E-state index in [0.29, 0.717) is 5.92 Å². The molecule has 1 heterocycles. The summed E-state index contributed by atoms with van der Waals surface area (Å²) in [5.74, 6) is 1.78. The fraction of sp³-hybridized carbons (Fsp3) is 0.929. The van der Waals surface area contributed by atoms with Crippen LogP contribution in [0.4, 0.5) is 0 Å². The van der Waals surface area contributed by atoms with Crippen LogP contribution in [0.3, 0.4) is 0 Å². The summed E-state index contributed by atoms with van der Waals surface area (Å²) in [7, 11) is 0. The minimum atomic E-state index is 0.0739. The van der Waals surface area contributed by atoms with E-state index in [1.807, 2.05) is 0 Å². The Morgan fingerprint density at radius 1 is 1.24 bits per heavy atom. The van der Waals surface area contributed by atoms with Crippen molar-refractivity contribution in [1.82, 2.24) is 10.6 Å². The molecule has 0 bridgehead atoms. The average molecular weight is 238 g/mol. The molecule has 3 heteroatoms. The molecule has 2 rings (SSSR count). The molecule has 1 saturated heterocycles. The Kier molecular flexibility index (Phi) is 4.84. The highest BCUT2D eigenvalue weighted by molar-refractivity contribution is 5.81. The molecule has 0 aromatic rings. The second-order valence-electron chi connectivity index (χ2n) is 5.89. The van der Waals surface area contributed by atoms with Crippen LogP contribution in [0.15, 0.2) is 0 Å². The molecule has 0 aromatic heterocycles.